The highest BCUT2D eigenvalue weighted by Gasteiger charge is 2.28. The predicted octanol–water partition coefficient (Wildman–Crippen LogP) is 3.64. The molecule has 1 fully saturated rings. The highest BCUT2D eigenvalue weighted by molar-refractivity contribution is 7.18. The van der Waals surface area contributed by atoms with Crippen LogP contribution in [-0.4, -0.2) is 48.0 Å². The van der Waals surface area contributed by atoms with E-state index in [-0.39, 0.29) is 23.9 Å². The van der Waals surface area contributed by atoms with E-state index in [2.05, 4.69) is 15.2 Å². The van der Waals surface area contributed by atoms with Crippen molar-refractivity contribution in [1.29, 1.82) is 0 Å². The zero-order chi connectivity index (χ0) is 22.4. The van der Waals surface area contributed by atoms with Crippen molar-refractivity contribution in [3.63, 3.8) is 0 Å². The third-order valence-electron chi connectivity index (χ3n) is 6.13. The van der Waals surface area contributed by atoms with Gasteiger partial charge in [-0.1, -0.05) is 12.1 Å². The molecule has 8 nitrogen and oxygen atoms in total. The van der Waals surface area contributed by atoms with Crippen LogP contribution in [0.5, 0.6) is 0 Å². The Labute approximate surface area is 196 Å². The highest BCUT2D eigenvalue weighted by atomic mass is 32.1. The van der Waals surface area contributed by atoms with Crippen LogP contribution in [0.1, 0.15) is 24.6 Å². The first-order valence-electron chi connectivity index (χ1n) is 10.8. The molecule has 0 radical (unpaired) electrons. The quantitative estimate of drug-likeness (QED) is 0.395. The summed E-state index contributed by atoms with van der Waals surface area (Å²) in [5.74, 6) is 0.909. The van der Waals surface area contributed by atoms with Gasteiger partial charge in [0, 0.05) is 41.0 Å². The van der Waals surface area contributed by atoms with Crippen LogP contribution in [0.3, 0.4) is 0 Å². The lowest BCUT2D eigenvalue weighted by Gasteiger charge is -2.32. The molecule has 5 aromatic heterocycles. The molecule has 0 saturated carbocycles. The van der Waals surface area contributed by atoms with E-state index in [1.807, 2.05) is 56.6 Å². The second-order valence-electron chi connectivity index (χ2n) is 8.15. The normalized spacial score (nSPS) is 16.6. The van der Waals surface area contributed by atoms with Crippen LogP contribution in [0.15, 0.2) is 58.4 Å². The van der Waals surface area contributed by atoms with Crippen LogP contribution in [0, 0.1) is 0 Å². The fraction of sp³-hybridized carbons (Fsp3) is 0.261. The van der Waals surface area contributed by atoms with Crippen LogP contribution in [0.25, 0.3) is 26.3 Å². The SMILES string of the molecule is O=C(Cn1cnc2scc(-c3cccs3)c2c1=O)N1CCCC(c2nnc3ccccn23)C1. The van der Waals surface area contributed by atoms with Crippen molar-refractivity contribution >= 4 is 44.4 Å². The van der Waals surface area contributed by atoms with Crippen LogP contribution in [0.2, 0.25) is 0 Å². The van der Waals surface area contributed by atoms with Crippen molar-refractivity contribution in [3.8, 4) is 10.4 Å². The number of aromatic nitrogens is 5. The number of hydrogen-bond donors (Lipinski definition) is 0. The summed E-state index contributed by atoms with van der Waals surface area (Å²) in [6.07, 6.45) is 5.28. The lowest BCUT2D eigenvalue weighted by molar-refractivity contribution is -0.133. The van der Waals surface area contributed by atoms with Gasteiger partial charge in [-0.2, -0.15) is 0 Å². The average molecular weight is 477 g/mol. The molecule has 1 saturated heterocycles. The maximum absolute atomic E-state index is 13.3. The van der Waals surface area contributed by atoms with Gasteiger partial charge in [0.15, 0.2) is 5.65 Å². The Morgan fingerprint density at radius 3 is 2.97 bits per heavy atom. The molecule has 0 spiro atoms. The van der Waals surface area contributed by atoms with Gasteiger partial charge >= 0.3 is 0 Å². The van der Waals surface area contributed by atoms with Gasteiger partial charge in [-0.05, 0) is 36.4 Å². The Hall–Kier alpha value is -3.37. The highest BCUT2D eigenvalue weighted by Crippen LogP contribution is 2.33. The van der Waals surface area contributed by atoms with Gasteiger partial charge in [0.2, 0.25) is 5.91 Å². The molecule has 33 heavy (non-hydrogen) atoms. The number of fused-ring (bicyclic) bond motifs is 2. The molecule has 166 valence electrons. The van der Waals surface area contributed by atoms with Gasteiger partial charge < -0.3 is 4.90 Å². The number of carbonyl (C=O) groups is 1. The molecule has 10 heteroatoms. The van der Waals surface area contributed by atoms with Crippen molar-refractivity contribution in [2.75, 3.05) is 13.1 Å². The maximum Gasteiger partial charge on any atom is 0.263 e. The topological polar surface area (TPSA) is 85.4 Å². The Balaban J connectivity index is 1.25. The van der Waals surface area contributed by atoms with Crippen LogP contribution < -0.4 is 5.56 Å². The predicted molar refractivity (Wildman–Crippen MR) is 129 cm³/mol. The number of carbonyl (C=O) groups excluding carboxylic acids is 1. The van der Waals surface area contributed by atoms with E-state index in [0.717, 1.165) is 34.8 Å². The van der Waals surface area contributed by atoms with Gasteiger partial charge in [0.1, 0.15) is 17.2 Å². The summed E-state index contributed by atoms with van der Waals surface area (Å²) in [6.45, 7) is 1.22. The van der Waals surface area contributed by atoms with Crippen LogP contribution in [0.4, 0.5) is 0 Å². The van der Waals surface area contributed by atoms with Crippen molar-refractivity contribution in [2.24, 2.45) is 0 Å². The first kappa shape index (κ1) is 20.3. The largest absolute Gasteiger partial charge is 0.340 e. The zero-order valence-electron chi connectivity index (χ0n) is 17.6. The zero-order valence-corrected chi connectivity index (χ0v) is 19.3. The molecule has 1 atom stereocenters. The third kappa shape index (κ3) is 3.55. The van der Waals surface area contributed by atoms with Crippen molar-refractivity contribution < 1.29 is 4.79 Å². The molecule has 1 amide bonds. The number of piperidine rings is 1. The number of likely N-dealkylation sites (tertiary alicyclic amines) is 1. The van der Waals surface area contributed by atoms with E-state index in [0.29, 0.717) is 23.3 Å². The smallest absolute Gasteiger partial charge is 0.263 e. The van der Waals surface area contributed by atoms with Gasteiger partial charge in [-0.25, -0.2) is 4.98 Å². The van der Waals surface area contributed by atoms with E-state index in [1.54, 1.807) is 11.3 Å². The molecule has 1 aliphatic rings. The molecule has 0 N–H and O–H groups in total. The van der Waals surface area contributed by atoms with E-state index in [9.17, 15) is 9.59 Å². The molecular formula is C23H20N6O2S2. The third-order valence-corrected chi connectivity index (χ3v) is 7.92. The Morgan fingerprint density at radius 1 is 1.15 bits per heavy atom. The molecule has 0 aliphatic carbocycles. The van der Waals surface area contributed by atoms with Gasteiger partial charge in [0.05, 0.1) is 11.7 Å². The van der Waals surface area contributed by atoms with E-state index in [1.165, 1.54) is 22.2 Å². The number of nitrogens with zero attached hydrogens (tertiary/aromatic N) is 6. The first-order chi connectivity index (χ1) is 16.2. The summed E-state index contributed by atoms with van der Waals surface area (Å²) < 4.78 is 3.42. The average Bonchev–Trinajstić information content (AvgIpc) is 3.60. The van der Waals surface area contributed by atoms with Crippen molar-refractivity contribution in [1.82, 2.24) is 29.0 Å². The molecule has 6 heterocycles. The molecule has 0 aromatic carbocycles. The number of rotatable bonds is 4. The lowest BCUT2D eigenvalue weighted by atomic mass is 9.97. The summed E-state index contributed by atoms with van der Waals surface area (Å²) >= 11 is 3.04. The van der Waals surface area contributed by atoms with E-state index in [4.69, 9.17) is 0 Å². The lowest BCUT2D eigenvalue weighted by Crippen LogP contribution is -2.42. The number of amides is 1. The summed E-state index contributed by atoms with van der Waals surface area (Å²) in [7, 11) is 0. The standard InChI is InChI=1S/C23H20N6O2S2/c30-19(27-8-3-5-15(11-27)21-26-25-18-7-1-2-9-29(18)21)12-28-14-24-22-20(23(28)31)16(13-33-22)17-6-4-10-32-17/h1-2,4,6-7,9-10,13-15H,3,5,8,11-12H2. The molecular weight excluding hydrogens is 456 g/mol. The van der Waals surface area contributed by atoms with Gasteiger partial charge in [0.25, 0.3) is 5.56 Å². The summed E-state index contributed by atoms with van der Waals surface area (Å²) in [5.41, 5.74) is 1.52. The molecule has 1 aliphatic heterocycles. The molecule has 6 rings (SSSR count). The molecule has 1 unspecified atom stereocenters. The van der Waals surface area contributed by atoms with Crippen molar-refractivity contribution in [3.05, 3.63) is 69.8 Å². The Bertz CT molecular complexity index is 1520. The second kappa shape index (κ2) is 8.20. The molecule has 5 aromatic rings. The Kier molecular flexibility index (Phi) is 5.03. The number of thiophene rings is 2. The Morgan fingerprint density at radius 2 is 2.09 bits per heavy atom. The number of pyridine rings is 1. The summed E-state index contributed by atoms with van der Waals surface area (Å²) in [4.78, 5) is 34.5. The fourth-order valence-electron chi connectivity index (χ4n) is 4.49. The fourth-order valence-corrected chi connectivity index (χ4v) is 6.21. The van der Waals surface area contributed by atoms with Crippen LogP contribution in [-0.2, 0) is 11.3 Å². The first-order valence-corrected chi connectivity index (χ1v) is 12.5. The maximum atomic E-state index is 13.3. The van der Waals surface area contributed by atoms with Crippen molar-refractivity contribution in [2.45, 2.75) is 25.3 Å². The molecule has 0 bridgehead atoms. The number of hydrogen-bond acceptors (Lipinski definition) is 7. The summed E-state index contributed by atoms with van der Waals surface area (Å²) in [6, 6.07) is 9.77. The van der Waals surface area contributed by atoms with E-state index < -0.39 is 0 Å². The van der Waals surface area contributed by atoms with Gasteiger partial charge in [-0.15, -0.1) is 32.9 Å². The minimum absolute atomic E-state index is 0.0190. The van der Waals surface area contributed by atoms with Gasteiger partial charge in [-0.3, -0.25) is 18.6 Å². The van der Waals surface area contributed by atoms with Crippen LogP contribution >= 0.6 is 22.7 Å². The minimum atomic E-state index is -0.171. The monoisotopic (exact) mass is 476 g/mol. The van der Waals surface area contributed by atoms with E-state index >= 15 is 0 Å². The second-order valence-corrected chi connectivity index (χ2v) is 9.96. The summed E-state index contributed by atoms with van der Waals surface area (Å²) in [5, 5.41) is 13.2. The minimum Gasteiger partial charge on any atom is -0.340 e.